The molecule has 0 aliphatic carbocycles. The van der Waals surface area contributed by atoms with E-state index in [0.29, 0.717) is 5.69 Å². The number of para-hydroxylation sites is 1. The van der Waals surface area contributed by atoms with Crippen molar-refractivity contribution < 1.29 is 4.92 Å². The minimum Gasteiger partial charge on any atom is -0.261 e. The summed E-state index contributed by atoms with van der Waals surface area (Å²) in [6.07, 6.45) is 0. The number of nitrogens with zero attached hydrogens (tertiary/aromatic N) is 4. The van der Waals surface area contributed by atoms with Gasteiger partial charge in [-0.05, 0) is 29.4 Å². The highest BCUT2D eigenvalue weighted by Gasteiger charge is 2.28. The number of nitroso groups, excluding NO2 is 1. The second-order valence-electron chi connectivity index (χ2n) is 4.53. The van der Waals surface area contributed by atoms with E-state index in [-0.39, 0.29) is 16.2 Å². The molecule has 1 aromatic carbocycles. The monoisotopic (exact) mass is 330 g/mol. The molecule has 0 spiro atoms. The largest absolute Gasteiger partial charge is 0.364 e. The third kappa shape index (κ3) is 2.34. The molecule has 2 aromatic heterocycles. The van der Waals surface area contributed by atoms with Crippen molar-refractivity contribution in [1.29, 1.82) is 0 Å². The van der Waals surface area contributed by atoms with Gasteiger partial charge in [0.2, 0.25) is 5.69 Å². The van der Waals surface area contributed by atoms with Gasteiger partial charge in [-0.3, -0.25) is 19.5 Å². The predicted octanol–water partition coefficient (Wildman–Crippen LogP) is 3.35. The first-order valence-corrected chi connectivity index (χ1v) is 6.71. The molecule has 0 saturated heterocycles. The van der Waals surface area contributed by atoms with Crippen molar-refractivity contribution in [2.24, 2.45) is 5.18 Å². The number of rotatable bonds is 3. The molecule has 0 saturated carbocycles. The summed E-state index contributed by atoms with van der Waals surface area (Å²) >= 11 is 5.86. The average Bonchev–Trinajstić information content (AvgIpc) is 2.54. The molecule has 2 heterocycles. The highest BCUT2D eigenvalue weighted by atomic mass is 35.5. The number of benzene rings is 1. The van der Waals surface area contributed by atoms with E-state index in [1.165, 1.54) is 12.1 Å². The Balaban J connectivity index is 2.60. The zero-order valence-electron chi connectivity index (χ0n) is 11.3. The molecule has 0 amide bonds. The van der Waals surface area contributed by atoms with Gasteiger partial charge in [0.25, 0.3) is 0 Å². The van der Waals surface area contributed by atoms with Crippen molar-refractivity contribution in [3.8, 4) is 5.69 Å². The van der Waals surface area contributed by atoms with Gasteiger partial charge in [-0.25, -0.2) is 4.98 Å². The highest BCUT2D eigenvalue weighted by Crippen LogP contribution is 2.33. The van der Waals surface area contributed by atoms with Crippen molar-refractivity contribution in [2.45, 2.75) is 0 Å². The van der Waals surface area contributed by atoms with Gasteiger partial charge in [-0.15, -0.1) is 4.91 Å². The van der Waals surface area contributed by atoms with E-state index in [1.54, 1.807) is 30.3 Å². The first-order valence-electron chi connectivity index (χ1n) is 6.33. The number of pyridine rings is 2. The third-order valence-electron chi connectivity index (χ3n) is 3.23. The fourth-order valence-corrected chi connectivity index (χ4v) is 2.43. The molecule has 0 atom stereocenters. The molecule has 0 aliphatic heterocycles. The second kappa shape index (κ2) is 5.58. The van der Waals surface area contributed by atoms with Crippen LogP contribution in [0.2, 0.25) is 5.15 Å². The number of halogens is 1. The van der Waals surface area contributed by atoms with Crippen molar-refractivity contribution in [3.05, 3.63) is 73.0 Å². The van der Waals surface area contributed by atoms with Crippen LogP contribution in [0, 0.1) is 15.0 Å². The highest BCUT2D eigenvalue weighted by molar-refractivity contribution is 6.29. The Kier molecular flexibility index (Phi) is 3.59. The SMILES string of the molecule is O=Nc1c([N+](=O)[O-])c(=O)n(-c2ccccc2)c2nc(Cl)ccc12. The number of aromatic nitrogens is 2. The Hall–Kier alpha value is -3.13. The van der Waals surface area contributed by atoms with Crippen LogP contribution in [0.25, 0.3) is 16.7 Å². The summed E-state index contributed by atoms with van der Waals surface area (Å²) in [5.74, 6) is 0. The average molecular weight is 331 g/mol. The lowest BCUT2D eigenvalue weighted by Gasteiger charge is -2.10. The van der Waals surface area contributed by atoms with Gasteiger partial charge in [-0.2, -0.15) is 0 Å². The van der Waals surface area contributed by atoms with Crippen molar-refractivity contribution in [1.82, 2.24) is 9.55 Å². The lowest BCUT2D eigenvalue weighted by Crippen LogP contribution is -2.22. The Morgan fingerprint density at radius 3 is 2.48 bits per heavy atom. The maximum atomic E-state index is 12.6. The molecule has 23 heavy (non-hydrogen) atoms. The Morgan fingerprint density at radius 1 is 1.17 bits per heavy atom. The number of hydrogen-bond acceptors (Lipinski definition) is 6. The lowest BCUT2D eigenvalue weighted by molar-refractivity contribution is -0.385. The molecule has 0 aliphatic rings. The van der Waals surface area contributed by atoms with E-state index >= 15 is 0 Å². The molecular weight excluding hydrogens is 324 g/mol. The van der Waals surface area contributed by atoms with Gasteiger partial charge < -0.3 is 0 Å². The quantitative estimate of drug-likeness (QED) is 0.317. The minimum atomic E-state index is -1.00. The van der Waals surface area contributed by atoms with Crippen LogP contribution < -0.4 is 5.56 Å². The van der Waals surface area contributed by atoms with E-state index in [4.69, 9.17) is 11.6 Å². The number of nitro groups is 1. The minimum absolute atomic E-state index is 0.0221. The van der Waals surface area contributed by atoms with Crippen LogP contribution in [-0.2, 0) is 0 Å². The molecule has 3 rings (SSSR count). The fourth-order valence-electron chi connectivity index (χ4n) is 2.29. The van der Waals surface area contributed by atoms with Gasteiger partial charge in [0, 0.05) is 0 Å². The van der Waals surface area contributed by atoms with Crippen LogP contribution in [0.3, 0.4) is 0 Å². The van der Waals surface area contributed by atoms with E-state index in [0.717, 1.165) is 4.57 Å². The van der Waals surface area contributed by atoms with Crippen molar-refractivity contribution in [3.63, 3.8) is 0 Å². The second-order valence-corrected chi connectivity index (χ2v) is 4.91. The van der Waals surface area contributed by atoms with Gasteiger partial charge in [0.15, 0.2) is 5.65 Å². The molecule has 0 bridgehead atoms. The maximum absolute atomic E-state index is 12.6. The third-order valence-corrected chi connectivity index (χ3v) is 3.44. The van der Waals surface area contributed by atoms with Crippen LogP contribution in [0.1, 0.15) is 0 Å². The van der Waals surface area contributed by atoms with Crippen LogP contribution in [-0.4, -0.2) is 14.5 Å². The standard InChI is InChI=1S/C14H7ClN4O4/c15-10-7-6-9-11(17-21)12(19(22)23)14(20)18(13(9)16-10)8-4-2-1-3-5-8/h1-7H. The Labute approximate surface area is 133 Å². The van der Waals surface area contributed by atoms with E-state index < -0.39 is 21.9 Å². The Bertz CT molecular complexity index is 1000. The summed E-state index contributed by atoms with van der Waals surface area (Å²) < 4.78 is 1.04. The summed E-state index contributed by atoms with van der Waals surface area (Å²) in [4.78, 5) is 38.0. The smallest absolute Gasteiger partial charge is 0.261 e. The first kappa shape index (κ1) is 14.8. The predicted molar refractivity (Wildman–Crippen MR) is 84.5 cm³/mol. The first-order chi connectivity index (χ1) is 11.0. The molecule has 0 N–H and O–H groups in total. The van der Waals surface area contributed by atoms with Gasteiger partial charge in [0.1, 0.15) is 5.15 Å². The lowest BCUT2D eigenvalue weighted by atomic mass is 10.2. The summed E-state index contributed by atoms with van der Waals surface area (Å²) in [6, 6.07) is 11.0. The number of fused-ring (bicyclic) bond motifs is 1. The van der Waals surface area contributed by atoms with Crippen LogP contribution in [0.4, 0.5) is 11.4 Å². The molecule has 3 aromatic rings. The Morgan fingerprint density at radius 2 is 1.87 bits per heavy atom. The topological polar surface area (TPSA) is 107 Å². The summed E-state index contributed by atoms with van der Waals surface area (Å²) in [7, 11) is 0. The van der Waals surface area contributed by atoms with E-state index in [1.807, 2.05) is 0 Å². The van der Waals surface area contributed by atoms with Gasteiger partial charge in [0.05, 0.1) is 16.0 Å². The fraction of sp³-hybridized carbons (Fsp3) is 0. The van der Waals surface area contributed by atoms with Gasteiger partial charge in [-0.1, -0.05) is 29.8 Å². The van der Waals surface area contributed by atoms with Crippen molar-refractivity contribution in [2.75, 3.05) is 0 Å². The summed E-state index contributed by atoms with van der Waals surface area (Å²) in [6.45, 7) is 0. The molecule has 0 radical (unpaired) electrons. The van der Waals surface area contributed by atoms with E-state index in [2.05, 4.69) is 10.2 Å². The maximum Gasteiger partial charge on any atom is 0.364 e. The van der Waals surface area contributed by atoms with Crippen LogP contribution in [0.15, 0.2) is 52.4 Å². The summed E-state index contributed by atoms with van der Waals surface area (Å²) in [5, 5.41) is 14.0. The van der Waals surface area contributed by atoms with E-state index in [9.17, 15) is 19.8 Å². The van der Waals surface area contributed by atoms with Crippen LogP contribution >= 0.6 is 11.6 Å². The molecule has 0 fully saturated rings. The normalized spacial score (nSPS) is 10.7. The molecule has 9 heteroatoms. The van der Waals surface area contributed by atoms with Crippen molar-refractivity contribution >= 4 is 34.0 Å². The summed E-state index contributed by atoms with van der Waals surface area (Å²) in [5.41, 5.74) is -2.09. The van der Waals surface area contributed by atoms with Gasteiger partial charge >= 0.3 is 11.2 Å². The van der Waals surface area contributed by atoms with Crippen LogP contribution in [0.5, 0.6) is 0 Å². The molecule has 8 nitrogen and oxygen atoms in total. The molecule has 0 unspecified atom stereocenters. The zero-order chi connectivity index (χ0) is 16.6. The molecule has 114 valence electrons. The molecular formula is C14H7ClN4O4. The number of hydrogen-bond donors (Lipinski definition) is 0. The zero-order valence-corrected chi connectivity index (χ0v) is 12.1.